The van der Waals surface area contributed by atoms with Crippen LogP contribution in [-0.2, 0) is 0 Å². The van der Waals surface area contributed by atoms with Crippen LogP contribution in [0.25, 0.3) is 0 Å². The first-order valence-electron chi connectivity index (χ1n) is 5.27. The van der Waals surface area contributed by atoms with Gasteiger partial charge in [-0.05, 0) is 40.2 Å². The third kappa shape index (κ3) is 2.65. The number of rotatable bonds is 2. The maximum absolute atomic E-state index is 8.90. The summed E-state index contributed by atoms with van der Waals surface area (Å²) in [6.07, 6.45) is 1.51. The fourth-order valence-corrected chi connectivity index (χ4v) is 1.96. The van der Waals surface area contributed by atoms with E-state index in [9.17, 15) is 0 Å². The Bertz CT molecular complexity index is 712. The van der Waals surface area contributed by atoms with Crippen molar-refractivity contribution in [3.05, 3.63) is 46.1 Å². The average Bonchev–Trinajstić information content (AvgIpc) is 2.43. The lowest BCUT2D eigenvalue weighted by molar-refractivity contribution is 1.29. The van der Waals surface area contributed by atoms with Crippen LogP contribution in [0.4, 0.5) is 17.2 Å². The Labute approximate surface area is 118 Å². The van der Waals surface area contributed by atoms with Gasteiger partial charge in [0.05, 0.1) is 28.6 Å². The van der Waals surface area contributed by atoms with Crippen LogP contribution in [0.15, 0.2) is 34.9 Å². The predicted octanol–water partition coefficient (Wildman–Crippen LogP) is 2.91. The van der Waals surface area contributed by atoms with E-state index in [0.717, 1.165) is 4.47 Å². The van der Waals surface area contributed by atoms with E-state index in [1.165, 1.54) is 6.20 Å². The van der Waals surface area contributed by atoms with Crippen LogP contribution in [-0.4, -0.2) is 4.98 Å². The normalized spacial score (nSPS) is 9.42. The van der Waals surface area contributed by atoms with E-state index in [1.807, 2.05) is 12.1 Å². The maximum atomic E-state index is 8.90. The lowest BCUT2D eigenvalue weighted by Crippen LogP contribution is -2.01. The summed E-state index contributed by atoms with van der Waals surface area (Å²) in [6, 6.07) is 10.7. The molecular formula is C13H8BrN5. The number of benzene rings is 1. The topological polar surface area (TPSA) is 98.5 Å². The Morgan fingerprint density at radius 2 is 2.00 bits per heavy atom. The van der Waals surface area contributed by atoms with Gasteiger partial charge in [0.2, 0.25) is 0 Å². The molecule has 0 atom stereocenters. The summed E-state index contributed by atoms with van der Waals surface area (Å²) < 4.78 is 0.718. The van der Waals surface area contributed by atoms with E-state index < -0.39 is 0 Å². The summed E-state index contributed by atoms with van der Waals surface area (Å²) in [4.78, 5) is 4.09. The van der Waals surface area contributed by atoms with Crippen LogP contribution < -0.4 is 11.1 Å². The summed E-state index contributed by atoms with van der Waals surface area (Å²) in [5.74, 6) is 0.407. The number of anilines is 3. The molecule has 3 N–H and O–H groups in total. The molecular weight excluding hydrogens is 306 g/mol. The fourth-order valence-electron chi connectivity index (χ4n) is 1.48. The van der Waals surface area contributed by atoms with E-state index in [1.54, 1.807) is 24.3 Å². The molecule has 5 nitrogen and oxygen atoms in total. The molecule has 92 valence electrons. The summed E-state index contributed by atoms with van der Waals surface area (Å²) in [5, 5.41) is 20.7. The van der Waals surface area contributed by atoms with Crippen molar-refractivity contribution in [3.63, 3.8) is 0 Å². The highest BCUT2D eigenvalue weighted by molar-refractivity contribution is 9.10. The quantitative estimate of drug-likeness (QED) is 0.888. The molecule has 0 bridgehead atoms. The third-order valence-corrected chi connectivity index (χ3v) is 3.12. The SMILES string of the molecule is N#Cc1ccc(Nc2nccc(C#N)c2N)c(Br)c1. The van der Waals surface area contributed by atoms with Gasteiger partial charge in [0.25, 0.3) is 0 Å². The second-order valence-electron chi connectivity index (χ2n) is 3.66. The van der Waals surface area contributed by atoms with Crippen LogP contribution in [0.5, 0.6) is 0 Å². The number of hydrogen-bond donors (Lipinski definition) is 2. The van der Waals surface area contributed by atoms with Crippen molar-refractivity contribution in [3.8, 4) is 12.1 Å². The minimum atomic E-state index is 0.293. The molecule has 2 aromatic rings. The van der Waals surface area contributed by atoms with Crippen molar-refractivity contribution >= 4 is 33.1 Å². The third-order valence-electron chi connectivity index (χ3n) is 2.46. The second-order valence-corrected chi connectivity index (χ2v) is 4.52. The summed E-state index contributed by atoms with van der Waals surface area (Å²) in [6.45, 7) is 0. The van der Waals surface area contributed by atoms with Crippen LogP contribution in [0.1, 0.15) is 11.1 Å². The number of nitrogens with one attached hydrogen (secondary N) is 1. The predicted molar refractivity (Wildman–Crippen MR) is 75.5 cm³/mol. The molecule has 1 aromatic carbocycles. The number of nitrogens with zero attached hydrogens (tertiary/aromatic N) is 3. The van der Waals surface area contributed by atoms with E-state index >= 15 is 0 Å². The zero-order valence-electron chi connectivity index (χ0n) is 9.68. The molecule has 0 saturated heterocycles. The first-order valence-corrected chi connectivity index (χ1v) is 6.06. The number of hydrogen-bond acceptors (Lipinski definition) is 5. The largest absolute Gasteiger partial charge is 0.395 e. The summed E-state index contributed by atoms with van der Waals surface area (Å²) in [7, 11) is 0. The number of aromatic nitrogens is 1. The molecule has 0 spiro atoms. The maximum Gasteiger partial charge on any atom is 0.154 e. The molecule has 6 heteroatoms. The van der Waals surface area contributed by atoms with Crippen molar-refractivity contribution in [2.45, 2.75) is 0 Å². The van der Waals surface area contributed by atoms with E-state index in [2.05, 4.69) is 26.2 Å². The Morgan fingerprint density at radius 1 is 1.21 bits per heavy atom. The van der Waals surface area contributed by atoms with Gasteiger partial charge in [-0.3, -0.25) is 0 Å². The van der Waals surface area contributed by atoms with Crippen LogP contribution >= 0.6 is 15.9 Å². The van der Waals surface area contributed by atoms with Crippen molar-refractivity contribution in [2.24, 2.45) is 0 Å². The molecule has 0 aliphatic carbocycles. The fraction of sp³-hybridized carbons (Fsp3) is 0. The Hall–Kier alpha value is -2.57. The van der Waals surface area contributed by atoms with Gasteiger partial charge >= 0.3 is 0 Å². The number of halogens is 1. The van der Waals surface area contributed by atoms with Crippen molar-refractivity contribution < 1.29 is 0 Å². The molecule has 0 radical (unpaired) electrons. The molecule has 0 amide bonds. The lowest BCUT2D eigenvalue weighted by atomic mass is 10.2. The monoisotopic (exact) mass is 313 g/mol. The van der Waals surface area contributed by atoms with Gasteiger partial charge in [0.15, 0.2) is 5.82 Å². The Morgan fingerprint density at radius 3 is 2.63 bits per heavy atom. The molecule has 19 heavy (non-hydrogen) atoms. The first-order chi connectivity index (χ1) is 9.15. The molecule has 0 fully saturated rings. The smallest absolute Gasteiger partial charge is 0.154 e. The summed E-state index contributed by atoms with van der Waals surface area (Å²) >= 11 is 3.36. The van der Waals surface area contributed by atoms with Gasteiger partial charge in [-0.25, -0.2) is 4.98 Å². The highest BCUT2D eigenvalue weighted by atomic mass is 79.9. The van der Waals surface area contributed by atoms with Crippen molar-refractivity contribution in [1.29, 1.82) is 10.5 Å². The standard InChI is InChI=1S/C13H8BrN5/c14-10-5-8(6-15)1-2-11(10)19-13-12(17)9(7-16)3-4-18-13/h1-5H,17H2,(H,18,19). The number of pyridine rings is 1. The zero-order chi connectivity index (χ0) is 13.8. The Balaban J connectivity index is 2.38. The molecule has 2 rings (SSSR count). The highest BCUT2D eigenvalue weighted by Crippen LogP contribution is 2.29. The van der Waals surface area contributed by atoms with Crippen LogP contribution in [0, 0.1) is 22.7 Å². The number of nitrogens with two attached hydrogens (primary N) is 1. The average molecular weight is 314 g/mol. The molecule has 0 aliphatic rings. The van der Waals surface area contributed by atoms with E-state index in [4.69, 9.17) is 16.3 Å². The minimum absolute atomic E-state index is 0.293. The first kappa shape index (κ1) is 12.9. The van der Waals surface area contributed by atoms with Crippen molar-refractivity contribution in [1.82, 2.24) is 4.98 Å². The lowest BCUT2D eigenvalue weighted by Gasteiger charge is -2.10. The minimum Gasteiger partial charge on any atom is -0.395 e. The Kier molecular flexibility index (Phi) is 3.65. The van der Waals surface area contributed by atoms with Gasteiger partial charge in [-0.2, -0.15) is 10.5 Å². The van der Waals surface area contributed by atoms with Gasteiger partial charge in [0.1, 0.15) is 6.07 Å². The van der Waals surface area contributed by atoms with Crippen molar-refractivity contribution in [2.75, 3.05) is 11.1 Å². The number of nitriles is 2. The van der Waals surface area contributed by atoms with E-state index in [0.29, 0.717) is 28.3 Å². The molecule has 0 saturated carbocycles. The highest BCUT2D eigenvalue weighted by Gasteiger charge is 2.08. The molecule has 1 aromatic heterocycles. The van der Waals surface area contributed by atoms with Crippen LogP contribution in [0.3, 0.4) is 0 Å². The van der Waals surface area contributed by atoms with Gasteiger partial charge in [-0.1, -0.05) is 0 Å². The van der Waals surface area contributed by atoms with Gasteiger partial charge < -0.3 is 11.1 Å². The molecule has 0 aliphatic heterocycles. The molecule has 0 unspecified atom stereocenters. The zero-order valence-corrected chi connectivity index (χ0v) is 11.3. The number of nitrogen functional groups attached to an aromatic ring is 1. The van der Waals surface area contributed by atoms with E-state index in [-0.39, 0.29) is 0 Å². The van der Waals surface area contributed by atoms with Gasteiger partial charge in [-0.15, -0.1) is 0 Å². The van der Waals surface area contributed by atoms with Crippen LogP contribution in [0.2, 0.25) is 0 Å². The summed E-state index contributed by atoms with van der Waals surface area (Å²) in [5.41, 5.74) is 7.75. The molecule has 1 heterocycles. The van der Waals surface area contributed by atoms with Gasteiger partial charge in [0, 0.05) is 10.7 Å². The second kappa shape index (κ2) is 5.38.